The van der Waals surface area contributed by atoms with E-state index in [0.29, 0.717) is 17.1 Å². The Kier molecular flexibility index (Phi) is 3.94. The number of halogens is 1. The predicted octanol–water partition coefficient (Wildman–Crippen LogP) is 3.54. The molecule has 1 unspecified atom stereocenters. The number of hydrogen-bond donors (Lipinski definition) is 2. The molecule has 0 radical (unpaired) electrons. The van der Waals surface area contributed by atoms with Gasteiger partial charge in [-0.3, -0.25) is 4.79 Å². The van der Waals surface area contributed by atoms with Crippen LogP contribution in [-0.2, 0) is 4.74 Å². The minimum atomic E-state index is -0.246. The lowest BCUT2D eigenvalue weighted by Gasteiger charge is -2.23. The first kappa shape index (κ1) is 14.8. The first-order valence-corrected chi connectivity index (χ1v) is 8.49. The minimum Gasteiger partial charge on any atom is -0.397 e. The van der Waals surface area contributed by atoms with Gasteiger partial charge in [-0.05, 0) is 38.0 Å². The van der Waals surface area contributed by atoms with Crippen molar-refractivity contribution in [3.8, 4) is 0 Å². The first-order chi connectivity index (χ1) is 9.98. The summed E-state index contributed by atoms with van der Waals surface area (Å²) in [4.78, 5) is 12.9. The highest BCUT2D eigenvalue weighted by atomic mass is 79.9. The van der Waals surface area contributed by atoms with Gasteiger partial charge in [-0.2, -0.15) is 0 Å². The van der Waals surface area contributed by atoms with Crippen molar-refractivity contribution in [2.45, 2.75) is 25.4 Å². The Hall–Kier alpha value is -1.11. The summed E-state index contributed by atoms with van der Waals surface area (Å²) in [5, 5.41) is 3.87. The van der Waals surface area contributed by atoms with Crippen molar-refractivity contribution in [2.24, 2.45) is 0 Å². The molecular formula is C15H17BrN2O2S. The highest BCUT2D eigenvalue weighted by Crippen LogP contribution is 2.35. The number of carbonyl (C=O) groups is 1. The number of benzene rings is 1. The third kappa shape index (κ3) is 2.93. The van der Waals surface area contributed by atoms with Gasteiger partial charge < -0.3 is 15.8 Å². The molecule has 21 heavy (non-hydrogen) atoms. The maximum Gasteiger partial charge on any atom is 0.263 e. The number of thiophene rings is 1. The molecular weight excluding hydrogens is 352 g/mol. The molecule has 1 aliphatic rings. The van der Waals surface area contributed by atoms with E-state index in [1.54, 1.807) is 0 Å². The average Bonchev–Trinajstić information content (AvgIpc) is 3.02. The molecule has 1 fully saturated rings. The standard InChI is InChI=1S/C15H17BrN2O2S/c1-15(5-2-6-20-15)8-18-14(19)13-12(17)10-7-9(16)3-4-11(10)21-13/h3-4,7H,2,5-6,8,17H2,1H3,(H,18,19). The van der Waals surface area contributed by atoms with Crippen LogP contribution in [-0.4, -0.2) is 24.7 Å². The lowest BCUT2D eigenvalue weighted by molar-refractivity contribution is 0.0206. The van der Waals surface area contributed by atoms with Crippen molar-refractivity contribution >= 4 is 48.9 Å². The molecule has 0 saturated carbocycles. The smallest absolute Gasteiger partial charge is 0.263 e. The Morgan fingerprint density at radius 1 is 1.57 bits per heavy atom. The minimum absolute atomic E-state index is 0.124. The third-order valence-electron chi connectivity index (χ3n) is 3.82. The summed E-state index contributed by atoms with van der Waals surface area (Å²) in [6, 6.07) is 5.87. The Morgan fingerprint density at radius 2 is 2.38 bits per heavy atom. The van der Waals surface area contributed by atoms with Crippen LogP contribution in [0.5, 0.6) is 0 Å². The first-order valence-electron chi connectivity index (χ1n) is 6.88. The van der Waals surface area contributed by atoms with E-state index in [2.05, 4.69) is 21.2 Å². The highest BCUT2D eigenvalue weighted by molar-refractivity contribution is 9.10. The third-order valence-corrected chi connectivity index (χ3v) is 5.50. The average molecular weight is 369 g/mol. The SMILES string of the molecule is CC1(CNC(=O)c2sc3ccc(Br)cc3c2N)CCCO1. The second-order valence-corrected chi connectivity index (χ2v) is 7.54. The van der Waals surface area contributed by atoms with E-state index in [0.717, 1.165) is 34.0 Å². The van der Waals surface area contributed by atoms with E-state index in [1.165, 1.54) is 11.3 Å². The molecule has 3 N–H and O–H groups in total. The van der Waals surface area contributed by atoms with Crippen LogP contribution in [0.25, 0.3) is 10.1 Å². The number of fused-ring (bicyclic) bond motifs is 1. The van der Waals surface area contributed by atoms with E-state index in [1.807, 2.05) is 25.1 Å². The van der Waals surface area contributed by atoms with Crippen LogP contribution in [0.3, 0.4) is 0 Å². The molecule has 1 aromatic carbocycles. The molecule has 3 rings (SSSR count). The van der Waals surface area contributed by atoms with Gasteiger partial charge in [-0.1, -0.05) is 15.9 Å². The monoisotopic (exact) mass is 368 g/mol. The normalized spacial score (nSPS) is 21.8. The predicted molar refractivity (Wildman–Crippen MR) is 89.9 cm³/mol. The molecule has 1 atom stereocenters. The van der Waals surface area contributed by atoms with Crippen molar-refractivity contribution < 1.29 is 9.53 Å². The van der Waals surface area contributed by atoms with Crippen molar-refractivity contribution in [3.05, 3.63) is 27.5 Å². The van der Waals surface area contributed by atoms with Gasteiger partial charge in [0, 0.05) is 27.7 Å². The zero-order valence-electron chi connectivity index (χ0n) is 11.7. The van der Waals surface area contributed by atoms with Gasteiger partial charge in [0.1, 0.15) is 4.88 Å². The molecule has 6 heteroatoms. The second kappa shape index (κ2) is 5.59. The van der Waals surface area contributed by atoms with E-state index < -0.39 is 0 Å². The van der Waals surface area contributed by atoms with Gasteiger partial charge in [0.05, 0.1) is 11.3 Å². The van der Waals surface area contributed by atoms with Crippen molar-refractivity contribution in [1.29, 1.82) is 0 Å². The van der Waals surface area contributed by atoms with Crippen LogP contribution in [0.4, 0.5) is 5.69 Å². The van der Waals surface area contributed by atoms with E-state index >= 15 is 0 Å². The number of amides is 1. The molecule has 2 aromatic rings. The van der Waals surface area contributed by atoms with Crippen molar-refractivity contribution in [1.82, 2.24) is 5.32 Å². The fraction of sp³-hybridized carbons (Fsp3) is 0.400. The van der Waals surface area contributed by atoms with Crippen LogP contribution in [0.15, 0.2) is 22.7 Å². The summed E-state index contributed by atoms with van der Waals surface area (Å²) < 4.78 is 7.66. The topological polar surface area (TPSA) is 64.4 Å². The molecule has 112 valence electrons. The number of nitrogen functional groups attached to an aromatic ring is 1. The number of nitrogens with two attached hydrogens (primary N) is 1. The Morgan fingerprint density at radius 3 is 3.10 bits per heavy atom. The second-order valence-electron chi connectivity index (χ2n) is 5.57. The van der Waals surface area contributed by atoms with Gasteiger partial charge >= 0.3 is 0 Å². The van der Waals surface area contributed by atoms with E-state index in [9.17, 15) is 4.79 Å². The highest BCUT2D eigenvalue weighted by Gasteiger charge is 2.30. The molecule has 2 heterocycles. The molecule has 1 aromatic heterocycles. The summed E-state index contributed by atoms with van der Waals surface area (Å²) >= 11 is 4.85. The van der Waals surface area contributed by atoms with Crippen LogP contribution in [0, 0.1) is 0 Å². The molecule has 1 amide bonds. The number of anilines is 1. The lowest BCUT2D eigenvalue weighted by atomic mass is 10.0. The number of ether oxygens (including phenoxy) is 1. The van der Waals surface area contributed by atoms with Crippen LogP contribution in [0.1, 0.15) is 29.4 Å². The summed E-state index contributed by atoms with van der Waals surface area (Å²) in [5.41, 5.74) is 6.42. The van der Waals surface area contributed by atoms with Crippen LogP contribution in [0.2, 0.25) is 0 Å². The maximum absolute atomic E-state index is 12.4. The molecule has 1 aliphatic heterocycles. The number of carbonyl (C=O) groups excluding carboxylic acids is 1. The Balaban J connectivity index is 1.80. The van der Waals surface area contributed by atoms with Crippen LogP contribution < -0.4 is 11.1 Å². The van der Waals surface area contributed by atoms with Gasteiger partial charge in [-0.15, -0.1) is 11.3 Å². The fourth-order valence-electron chi connectivity index (χ4n) is 2.58. The van der Waals surface area contributed by atoms with Gasteiger partial charge in [-0.25, -0.2) is 0 Å². The van der Waals surface area contributed by atoms with Crippen molar-refractivity contribution in [3.63, 3.8) is 0 Å². The summed E-state index contributed by atoms with van der Waals surface area (Å²) in [6.45, 7) is 3.32. The molecule has 4 nitrogen and oxygen atoms in total. The summed E-state index contributed by atoms with van der Waals surface area (Å²) in [5.74, 6) is -0.124. The quantitative estimate of drug-likeness (QED) is 0.870. The number of rotatable bonds is 3. The van der Waals surface area contributed by atoms with Gasteiger partial charge in [0.15, 0.2) is 0 Å². The largest absolute Gasteiger partial charge is 0.397 e. The van der Waals surface area contributed by atoms with Gasteiger partial charge in [0.25, 0.3) is 5.91 Å². The molecule has 0 bridgehead atoms. The number of nitrogens with one attached hydrogen (secondary N) is 1. The zero-order valence-corrected chi connectivity index (χ0v) is 14.1. The van der Waals surface area contributed by atoms with Crippen molar-refractivity contribution in [2.75, 3.05) is 18.9 Å². The van der Waals surface area contributed by atoms with E-state index in [-0.39, 0.29) is 11.5 Å². The summed E-state index contributed by atoms with van der Waals surface area (Å²) in [6.07, 6.45) is 2.02. The fourth-order valence-corrected chi connectivity index (χ4v) is 3.96. The lowest BCUT2D eigenvalue weighted by Crippen LogP contribution is -2.40. The number of hydrogen-bond acceptors (Lipinski definition) is 4. The maximum atomic E-state index is 12.4. The molecule has 0 spiro atoms. The van der Waals surface area contributed by atoms with Crippen LogP contribution >= 0.6 is 27.3 Å². The molecule has 1 saturated heterocycles. The Bertz CT molecular complexity index is 692. The van der Waals surface area contributed by atoms with E-state index in [4.69, 9.17) is 10.5 Å². The summed E-state index contributed by atoms with van der Waals surface area (Å²) in [7, 11) is 0. The Labute approximate surface area is 135 Å². The zero-order chi connectivity index (χ0) is 15.0. The molecule has 0 aliphatic carbocycles. The van der Waals surface area contributed by atoms with Gasteiger partial charge in [0.2, 0.25) is 0 Å².